The molecule has 0 unspecified atom stereocenters. The number of H-pyrrole nitrogens is 1. The Kier molecular flexibility index (Phi) is 4.97. The van der Waals surface area contributed by atoms with Crippen molar-refractivity contribution in [3.8, 4) is 11.1 Å². The molecule has 0 saturated carbocycles. The number of pyridine rings is 1. The highest BCUT2D eigenvalue weighted by Gasteiger charge is 2.09. The number of nitrogens with one attached hydrogen (secondary N) is 2. The number of aromatic nitrogens is 2. The molecule has 128 valence electrons. The van der Waals surface area contributed by atoms with Gasteiger partial charge in [-0.15, -0.1) is 0 Å². The first-order chi connectivity index (χ1) is 11.9. The number of hydrogen-bond donors (Lipinski definition) is 2. The van der Waals surface area contributed by atoms with E-state index in [0.717, 1.165) is 22.2 Å². The third-order valence-electron chi connectivity index (χ3n) is 3.56. The van der Waals surface area contributed by atoms with Crippen LogP contribution in [0.2, 0.25) is 10.0 Å². The summed E-state index contributed by atoms with van der Waals surface area (Å²) in [6.45, 7) is 0. The number of hydrogen-bond acceptors (Lipinski definition) is 3. The van der Waals surface area contributed by atoms with Gasteiger partial charge in [0.1, 0.15) is 5.65 Å². The Morgan fingerprint density at radius 2 is 2.00 bits per heavy atom. The molecule has 25 heavy (non-hydrogen) atoms. The zero-order valence-corrected chi connectivity index (χ0v) is 15.2. The molecular formula is C18H16Cl2N4O. The van der Waals surface area contributed by atoms with Crippen LogP contribution < -0.4 is 5.32 Å². The summed E-state index contributed by atoms with van der Waals surface area (Å²) in [6.07, 6.45) is 6.55. The fourth-order valence-corrected chi connectivity index (χ4v) is 2.68. The molecule has 1 aromatic carbocycles. The first-order valence-corrected chi connectivity index (χ1v) is 8.28. The number of benzene rings is 1. The lowest BCUT2D eigenvalue weighted by Crippen LogP contribution is -2.10. The van der Waals surface area contributed by atoms with Crippen molar-refractivity contribution < 1.29 is 4.79 Å². The van der Waals surface area contributed by atoms with E-state index in [4.69, 9.17) is 23.2 Å². The second-order valence-corrected chi connectivity index (χ2v) is 6.53. The van der Waals surface area contributed by atoms with Gasteiger partial charge < -0.3 is 15.2 Å². The van der Waals surface area contributed by atoms with E-state index < -0.39 is 0 Å². The SMILES string of the molecule is CN(C)/C=C/C(=O)Nc1cc(-c2cnc3[nH]cc(Cl)c3c2)ccc1Cl. The van der Waals surface area contributed by atoms with Crippen molar-refractivity contribution >= 4 is 45.8 Å². The van der Waals surface area contributed by atoms with E-state index in [2.05, 4.69) is 15.3 Å². The van der Waals surface area contributed by atoms with E-state index in [1.807, 2.05) is 32.3 Å². The zero-order chi connectivity index (χ0) is 18.0. The average molecular weight is 375 g/mol. The van der Waals surface area contributed by atoms with Gasteiger partial charge in [-0.05, 0) is 23.8 Å². The smallest absolute Gasteiger partial charge is 0.249 e. The van der Waals surface area contributed by atoms with Crippen LogP contribution >= 0.6 is 23.2 Å². The predicted octanol–water partition coefficient (Wildman–Crippen LogP) is 4.55. The van der Waals surface area contributed by atoms with Gasteiger partial charge in [-0.3, -0.25) is 4.79 Å². The monoisotopic (exact) mass is 374 g/mol. The number of nitrogens with zero attached hydrogens (tertiary/aromatic N) is 2. The Hall–Kier alpha value is -2.50. The third-order valence-corrected chi connectivity index (χ3v) is 4.20. The Labute approximate surface area is 155 Å². The molecule has 3 aromatic rings. The first kappa shape index (κ1) is 17.3. The molecular weight excluding hydrogens is 359 g/mol. The van der Waals surface area contributed by atoms with E-state index in [0.29, 0.717) is 15.7 Å². The van der Waals surface area contributed by atoms with Gasteiger partial charge in [0.15, 0.2) is 0 Å². The minimum atomic E-state index is -0.255. The van der Waals surface area contributed by atoms with Gasteiger partial charge in [0.25, 0.3) is 0 Å². The van der Waals surface area contributed by atoms with E-state index in [-0.39, 0.29) is 5.91 Å². The molecule has 0 aliphatic carbocycles. The first-order valence-electron chi connectivity index (χ1n) is 7.52. The molecule has 2 aromatic heterocycles. The molecule has 0 radical (unpaired) electrons. The second-order valence-electron chi connectivity index (χ2n) is 5.72. The summed E-state index contributed by atoms with van der Waals surface area (Å²) in [4.78, 5) is 21.1. The van der Waals surface area contributed by atoms with Crippen LogP contribution in [0.4, 0.5) is 5.69 Å². The second kappa shape index (κ2) is 7.17. The van der Waals surface area contributed by atoms with Gasteiger partial charge in [0, 0.05) is 49.7 Å². The lowest BCUT2D eigenvalue weighted by Gasteiger charge is -2.09. The number of carbonyl (C=O) groups is 1. The fraction of sp³-hybridized carbons (Fsp3) is 0.111. The molecule has 0 spiro atoms. The lowest BCUT2D eigenvalue weighted by molar-refractivity contribution is -0.112. The van der Waals surface area contributed by atoms with Crippen molar-refractivity contribution in [1.29, 1.82) is 0 Å². The van der Waals surface area contributed by atoms with Crippen LogP contribution in [0.25, 0.3) is 22.2 Å². The number of fused-ring (bicyclic) bond motifs is 1. The number of carbonyl (C=O) groups excluding carboxylic acids is 1. The van der Waals surface area contributed by atoms with Crippen LogP contribution in [0.3, 0.4) is 0 Å². The standard InChI is InChI=1S/C18H16Cl2N4O/c1-24(2)6-5-17(25)23-16-8-11(3-4-14(16)19)12-7-13-15(20)10-22-18(13)21-9-12/h3-10H,1-2H3,(H,21,22)(H,23,25)/b6-5+. The normalized spacial score (nSPS) is 11.2. The highest BCUT2D eigenvalue weighted by Crippen LogP contribution is 2.31. The van der Waals surface area contributed by atoms with Crippen LogP contribution in [0, 0.1) is 0 Å². The summed E-state index contributed by atoms with van der Waals surface area (Å²) in [5.74, 6) is -0.255. The quantitative estimate of drug-likeness (QED) is 0.658. The van der Waals surface area contributed by atoms with Crippen LogP contribution in [-0.4, -0.2) is 34.9 Å². The molecule has 2 heterocycles. The summed E-state index contributed by atoms with van der Waals surface area (Å²) < 4.78 is 0. The minimum absolute atomic E-state index is 0.255. The van der Waals surface area contributed by atoms with E-state index in [1.54, 1.807) is 29.6 Å². The van der Waals surface area contributed by atoms with Gasteiger partial charge in [0.2, 0.25) is 5.91 Å². The highest BCUT2D eigenvalue weighted by molar-refractivity contribution is 6.35. The van der Waals surface area contributed by atoms with Crippen molar-refractivity contribution in [1.82, 2.24) is 14.9 Å². The van der Waals surface area contributed by atoms with Crippen LogP contribution in [0.5, 0.6) is 0 Å². The van der Waals surface area contributed by atoms with Crippen LogP contribution in [0.1, 0.15) is 0 Å². The summed E-state index contributed by atoms with van der Waals surface area (Å²) >= 11 is 12.4. The van der Waals surface area contributed by atoms with Crippen LogP contribution in [0.15, 0.2) is 48.9 Å². The molecule has 0 atom stereocenters. The van der Waals surface area contributed by atoms with Gasteiger partial charge >= 0.3 is 0 Å². The van der Waals surface area contributed by atoms with Crippen LogP contribution in [-0.2, 0) is 4.79 Å². The van der Waals surface area contributed by atoms with E-state index >= 15 is 0 Å². The Bertz CT molecular complexity index is 963. The number of rotatable bonds is 4. The summed E-state index contributed by atoms with van der Waals surface area (Å²) in [5.41, 5.74) is 3.02. The minimum Gasteiger partial charge on any atom is -0.383 e. The number of aromatic amines is 1. The van der Waals surface area contributed by atoms with E-state index in [9.17, 15) is 4.79 Å². The van der Waals surface area contributed by atoms with Gasteiger partial charge in [-0.2, -0.15) is 0 Å². The Morgan fingerprint density at radius 3 is 2.76 bits per heavy atom. The molecule has 2 N–H and O–H groups in total. The molecule has 0 saturated heterocycles. The molecule has 0 bridgehead atoms. The maximum Gasteiger partial charge on any atom is 0.249 e. The van der Waals surface area contributed by atoms with Gasteiger partial charge in [-0.25, -0.2) is 4.98 Å². The lowest BCUT2D eigenvalue weighted by atomic mass is 10.1. The molecule has 0 aliphatic rings. The zero-order valence-electron chi connectivity index (χ0n) is 13.7. The third kappa shape index (κ3) is 3.95. The molecule has 1 amide bonds. The van der Waals surface area contributed by atoms with Crippen molar-refractivity contribution in [3.63, 3.8) is 0 Å². The molecule has 0 fully saturated rings. The highest BCUT2D eigenvalue weighted by atomic mass is 35.5. The maximum absolute atomic E-state index is 12.0. The number of anilines is 1. The predicted molar refractivity (Wildman–Crippen MR) is 103 cm³/mol. The molecule has 5 nitrogen and oxygen atoms in total. The van der Waals surface area contributed by atoms with Crippen molar-refractivity contribution in [2.24, 2.45) is 0 Å². The summed E-state index contributed by atoms with van der Waals surface area (Å²) in [6, 6.07) is 7.37. The van der Waals surface area contributed by atoms with Crippen molar-refractivity contribution in [2.45, 2.75) is 0 Å². The molecule has 7 heteroatoms. The molecule has 0 aliphatic heterocycles. The summed E-state index contributed by atoms with van der Waals surface area (Å²) in [5, 5.41) is 4.70. The average Bonchev–Trinajstić information content (AvgIpc) is 2.96. The van der Waals surface area contributed by atoms with Crippen molar-refractivity contribution in [2.75, 3.05) is 19.4 Å². The largest absolute Gasteiger partial charge is 0.383 e. The number of amides is 1. The van der Waals surface area contributed by atoms with Gasteiger partial charge in [0.05, 0.1) is 15.7 Å². The summed E-state index contributed by atoms with van der Waals surface area (Å²) in [7, 11) is 3.68. The maximum atomic E-state index is 12.0. The molecule has 3 rings (SSSR count). The van der Waals surface area contributed by atoms with Crippen molar-refractivity contribution in [3.05, 3.63) is 59.0 Å². The Balaban J connectivity index is 1.92. The fourth-order valence-electron chi connectivity index (χ4n) is 2.32. The topological polar surface area (TPSA) is 61.0 Å². The Morgan fingerprint density at radius 1 is 1.20 bits per heavy atom. The van der Waals surface area contributed by atoms with Gasteiger partial charge in [-0.1, -0.05) is 29.3 Å². The number of halogens is 2. The van der Waals surface area contributed by atoms with E-state index in [1.165, 1.54) is 6.08 Å².